The van der Waals surface area contributed by atoms with Gasteiger partial charge in [0, 0.05) is 11.1 Å². The van der Waals surface area contributed by atoms with Gasteiger partial charge in [0.1, 0.15) is 0 Å². The fourth-order valence-electron chi connectivity index (χ4n) is 1.53. The van der Waals surface area contributed by atoms with Crippen molar-refractivity contribution in [3.8, 4) is 0 Å². The van der Waals surface area contributed by atoms with Gasteiger partial charge in [-0.1, -0.05) is 6.07 Å². The molecule has 0 unspecified atom stereocenters. The van der Waals surface area contributed by atoms with Crippen molar-refractivity contribution >= 4 is 22.7 Å². The minimum atomic E-state index is -1.10. The summed E-state index contributed by atoms with van der Waals surface area (Å²) in [4.78, 5) is 10.8. The fraction of sp³-hybridized carbons (Fsp3) is 0.111. The average molecular weight is 191 g/mol. The van der Waals surface area contributed by atoms with Crippen molar-refractivity contribution in [1.82, 2.24) is 9.78 Å². The van der Waals surface area contributed by atoms with Crippen LogP contribution in [0, 0.1) is 6.92 Å². The van der Waals surface area contributed by atoms with E-state index in [4.69, 9.17) is 10.8 Å². The Hall–Kier alpha value is -2.04. The van der Waals surface area contributed by atoms with E-state index in [0.717, 1.165) is 4.68 Å². The van der Waals surface area contributed by atoms with Crippen LogP contribution in [0.5, 0.6) is 0 Å². The first-order valence-electron chi connectivity index (χ1n) is 4.08. The van der Waals surface area contributed by atoms with E-state index in [1.807, 2.05) is 0 Å². The van der Waals surface area contributed by atoms with Gasteiger partial charge in [-0.2, -0.15) is 9.78 Å². The van der Waals surface area contributed by atoms with Gasteiger partial charge in [-0.15, -0.1) is 0 Å². The van der Waals surface area contributed by atoms with Crippen LogP contribution in [0.2, 0.25) is 0 Å². The summed E-state index contributed by atoms with van der Waals surface area (Å²) in [5, 5.41) is 13.4. The van der Waals surface area contributed by atoms with Gasteiger partial charge in [-0.3, -0.25) is 0 Å². The molecule has 0 amide bonds. The molecule has 72 valence electrons. The molecule has 0 spiro atoms. The second kappa shape index (κ2) is 2.73. The van der Waals surface area contributed by atoms with Crippen molar-refractivity contribution in [2.24, 2.45) is 0 Å². The number of carboxylic acid groups (broad SMARTS) is 1. The second-order valence-corrected chi connectivity index (χ2v) is 3.02. The highest BCUT2D eigenvalue weighted by Crippen LogP contribution is 2.23. The Balaban J connectivity index is 2.91. The summed E-state index contributed by atoms with van der Waals surface area (Å²) in [5.41, 5.74) is 7.42. The summed E-state index contributed by atoms with van der Waals surface area (Å²) in [5.74, 6) is 0. The van der Waals surface area contributed by atoms with Crippen LogP contribution in [0.1, 0.15) is 5.69 Å². The highest BCUT2D eigenvalue weighted by atomic mass is 16.4. The van der Waals surface area contributed by atoms with Crippen molar-refractivity contribution in [3.63, 3.8) is 0 Å². The number of nitrogens with zero attached hydrogens (tertiary/aromatic N) is 2. The van der Waals surface area contributed by atoms with Crippen molar-refractivity contribution in [2.45, 2.75) is 6.92 Å². The molecule has 1 aromatic carbocycles. The summed E-state index contributed by atoms with van der Waals surface area (Å²) in [6.45, 7) is 1.73. The Morgan fingerprint density at radius 2 is 2.29 bits per heavy atom. The molecule has 0 bridgehead atoms. The largest absolute Gasteiger partial charge is 0.463 e. The third-order valence-electron chi connectivity index (χ3n) is 2.10. The number of benzene rings is 1. The van der Waals surface area contributed by atoms with Gasteiger partial charge in [0.25, 0.3) is 0 Å². The lowest BCUT2D eigenvalue weighted by Gasteiger charge is -1.96. The second-order valence-electron chi connectivity index (χ2n) is 3.02. The molecule has 2 rings (SSSR count). The van der Waals surface area contributed by atoms with E-state index in [-0.39, 0.29) is 0 Å². The van der Waals surface area contributed by atoms with E-state index in [1.54, 1.807) is 25.1 Å². The van der Waals surface area contributed by atoms with Gasteiger partial charge in [0.05, 0.1) is 11.2 Å². The maximum Gasteiger partial charge on any atom is 0.432 e. The number of hydrogen-bond acceptors (Lipinski definition) is 3. The van der Waals surface area contributed by atoms with E-state index in [0.29, 0.717) is 22.3 Å². The molecule has 1 aromatic heterocycles. The zero-order valence-electron chi connectivity index (χ0n) is 7.56. The van der Waals surface area contributed by atoms with Gasteiger partial charge in [-0.25, -0.2) is 4.79 Å². The molecule has 5 nitrogen and oxygen atoms in total. The molecular formula is C9H9N3O2. The van der Waals surface area contributed by atoms with Gasteiger partial charge >= 0.3 is 6.09 Å². The Morgan fingerprint density at radius 3 is 2.93 bits per heavy atom. The molecule has 0 aliphatic heterocycles. The lowest BCUT2D eigenvalue weighted by atomic mass is 10.2. The van der Waals surface area contributed by atoms with Crippen LogP contribution in [0.25, 0.3) is 10.9 Å². The molecule has 3 N–H and O–H groups in total. The third kappa shape index (κ3) is 1.02. The number of anilines is 1. The summed E-state index contributed by atoms with van der Waals surface area (Å²) < 4.78 is 0.932. The van der Waals surface area contributed by atoms with Crippen molar-refractivity contribution in [1.29, 1.82) is 0 Å². The summed E-state index contributed by atoms with van der Waals surface area (Å²) in [6, 6.07) is 5.11. The van der Waals surface area contributed by atoms with Crippen LogP contribution in [0.3, 0.4) is 0 Å². The summed E-state index contributed by atoms with van der Waals surface area (Å²) in [7, 11) is 0. The lowest BCUT2D eigenvalue weighted by Crippen LogP contribution is -2.09. The first-order chi connectivity index (χ1) is 6.61. The Morgan fingerprint density at radius 1 is 1.57 bits per heavy atom. The smallest absolute Gasteiger partial charge is 0.432 e. The fourth-order valence-corrected chi connectivity index (χ4v) is 1.53. The van der Waals surface area contributed by atoms with Gasteiger partial charge in [-0.05, 0) is 19.1 Å². The molecular weight excluding hydrogens is 182 g/mol. The van der Waals surface area contributed by atoms with Crippen molar-refractivity contribution in [2.75, 3.05) is 5.73 Å². The number of hydrogen-bond donors (Lipinski definition) is 2. The molecule has 0 atom stereocenters. The number of aryl methyl sites for hydroxylation is 1. The maximum absolute atomic E-state index is 10.8. The standard InChI is InChI=1S/C9H9N3O2/c1-5-8-6(10)3-2-4-7(8)12(11-5)9(13)14/h2-4H,10H2,1H3,(H,13,14). The first-order valence-corrected chi connectivity index (χ1v) is 4.08. The van der Waals surface area contributed by atoms with Crippen LogP contribution < -0.4 is 5.73 Å². The molecule has 0 aliphatic rings. The van der Waals surface area contributed by atoms with Crippen LogP contribution in [0.4, 0.5) is 10.5 Å². The molecule has 0 saturated carbocycles. The minimum Gasteiger partial charge on any atom is -0.463 e. The molecule has 0 radical (unpaired) electrons. The van der Waals surface area contributed by atoms with Crippen LogP contribution in [0.15, 0.2) is 18.2 Å². The molecule has 0 aliphatic carbocycles. The van der Waals surface area contributed by atoms with Crippen LogP contribution >= 0.6 is 0 Å². The Bertz CT molecular complexity index is 516. The number of rotatable bonds is 0. The van der Waals surface area contributed by atoms with Crippen molar-refractivity contribution < 1.29 is 9.90 Å². The number of fused-ring (bicyclic) bond motifs is 1. The molecule has 5 heteroatoms. The number of carbonyl (C=O) groups is 1. The van der Waals surface area contributed by atoms with E-state index in [9.17, 15) is 4.79 Å². The first kappa shape index (κ1) is 8.55. The Labute approximate surface area is 79.7 Å². The van der Waals surface area contributed by atoms with Crippen molar-refractivity contribution in [3.05, 3.63) is 23.9 Å². The minimum absolute atomic E-state index is 0.523. The summed E-state index contributed by atoms with van der Waals surface area (Å²) in [6.07, 6.45) is -1.10. The van der Waals surface area contributed by atoms with E-state index >= 15 is 0 Å². The van der Waals surface area contributed by atoms with Crippen LogP contribution in [-0.4, -0.2) is 21.0 Å². The third-order valence-corrected chi connectivity index (χ3v) is 2.10. The van der Waals surface area contributed by atoms with E-state index in [2.05, 4.69) is 5.10 Å². The molecule has 2 aromatic rings. The molecule has 0 fully saturated rings. The van der Waals surface area contributed by atoms with Gasteiger partial charge < -0.3 is 10.8 Å². The van der Waals surface area contributed by atoms with Gasteiger partial charge in [0.15, 0.2) is 0 Å². The number of nitrogens with two attached hydrogens (primary N) is 1. The average Bonchev–Trinajstić information content (AvgIpc) is 2.45. The highest BCUT2D eigenvalue weighted by molar-refractivity contribution is 5.96. The lowest BCUT2D eigenvalue weighted by molar-refractivity contribution is 0.194. The summed E-state index contributed by atoms with van der Waals surface area (Å²) >= 11 is 0. The predicted molar refractivity (Wildman–Crippen MR) is 52.3 cm³/mol. The highest BCUT2D eigenvalue weighted by Gasteiger charge is 2.13. The van der Waals surface area contributed by atoms with Gasteiger partial charge in [0.2, 0.25) is 0 Å². The number of aromatic nitrogens is 2. The van der Waals surface area contributed by atoms with E-state index < -0.39 is 6.09 Å². The monoisotopic (exact) mass is 191 g/mol. The predicted octanol–water partition coefficient (Wildman–Crippen LogP) is 1.45. The van der Waals surface area contributed by atoms with Crippen LogP contribution in [-0.2, 0) is 0 Å². The normalized spacial score (nSPS) is 10.6. The quantitative estimate of drug-likeness (QED) is 0.617. The van der Waals surface area contributed by atoms with E-state index in [1.165, 1.54) is 0 Å². The molecule has 0 saturated heterocycles. The molecule has 14 heavy (non-hydrogen) atoms. The maximum atomic E-state index is 10.8. The Kier molecular flexibility index (Phi) is 1.67. The zero-order chi connectivity index (χ0) is 10.3. The molecule has 1 heterocycles. The SMILES string of the molecule is Cc1nn(C(=O)O)c2cccc(N)c12. The zero-order valence-corrected chi connectivity index (χ0v) is 7.56. The topological polar surface area (TPSA) is 81.1 Å². The number of nitrogen functional groups attached to an aromatic ring is 1.